The van der Waals surface area contributed by atoms with Crippen LogP contribution in [0.15, 0.2) is 12.1 Å². The van der Waals surface area contributed by atoms with Gasteiger partial charge in [-0.25, -0.2) is 0 Å². The fourth-order valence-electron chi connectivity index (χ4n) is 2.12. The molecule has 0 aromatic heterocycles. The molecule has 2 amide bonds. The number of halogens is 1. The molecule has 6 heteroatoms. The highest BCUT2D eigenvalue weighted by atomic mass is 35.5. The lowest BCUT2D eigenvalue weighted by molar-refractivity contribution is -0.122. The zero-order chi connectivity index (χ0) is 14.0. The van der Waals surface area contributed by atoms with Crippen LogP contribution in [0.4, 0.5) is 5.69 Å². The van der Waals surface area contributed by atoms with Gasteiger partial charge in [-0.3, -0.25) is 9.59 Å². The zero-order valence-electron chi connectivity index (χ0n) is 10.7. The summed E-state index contributed by atoms with van der Waals surface area (Å²) in [5.74, 6) is 0.210. The highest BCUT2D eigenvalue weighted by Crippen LogP contribution is 2.32. The number of aryl methyl sites for hydroxylation is 1. The maximum absolute atomic E-state index is 12.0. The minimum absolute atomic E-state index is 0.102. The molecule has 1 aromatic carbocycles. The molecule has 2 N–H and O–H groups in total. The van der Waals surface area contributed by atoms with Crippen LogP contribution in [-0.4, -0.2) is 25.0 Å². The molecule has 1 aliphatic rings. The number of hydrogen-bond acceptors (Lipinski definition) is 3. The molecule has 2 rings (SSSR count). The lowest BCUT2D eigenvalue weighted by Crippen LogP contribution is -2.37. The molecule has 0 aliphatic carbocycles. The fourth-order valence-corrected chi connectivity index (χ4v) is 2.40. The molecule has 1 unspecified atom stereocenters. The van der Waals surface area contributed by atoms with Gasteiger partial charge in [0.25, 0.3) is 0 Å². The summed E-state index contributed by atoms with van der Waals surface area (Å²) < 4.78 is 5.26. The van der Waals surface area contributed by atoms with Crippen LogP contribution in [0.3, 0.4) is 0 Å². The lowest BCUT2D eigenvalue weighted by Gasteiger charge is -2.15. The standard InChI is InChI=1S/C13H15ClN2O3/c1-7-5-8(14)6-10(12(7)19-2)16-13(18)9-3-4-11(17)15-9/h5-6,9H,3-4H2,1-2H3,(H,15,17)(H,16,18). The van der Waals surface area contributed by atoms with Crippen LogP contribution in [0.5, 0.6) is 5.75 Å². The van der Waals surface area contributed by atoms with Gasteiger partial charge in [-0.2, -0.15) is 0 Å². The van der Waals surface area contributed by atoms with Crippen molar-refractivity contribution in [2.75, 3.05) is 12.4 Å². The Hall–Kier alpha value is -1.75. The first-order chi connectivity index (χ1) is 9.01. The number of anilines is 1. The first-order valence-electron chi connectivity index (χ1n) is 5.95. The van der Waals surface area contributed by atoms with E-state index in [-0.39, 0.29) is 11.8 Å². The third-order valence-electron chi connectivity index (χ3n) is 3.01. The van der Waals surface area contributed by atoms with Gasteiger partial charge in [0, 0.05) is 11.4 Å². The summed E-state index contributed by atoms with van der Waals surface area (Å²) in [5.41, 5.74) is 1.35. The first kappa shape index (κ1) is 13.7. The van der Waals surface area contributed by atoms with Crippen LogP contribution in [0, 0.1) is 6.92 Å². The van der Waals surface area contributed by atoms with E-state index in [4.69, 9.17) is 16.3 Å². The second kappa shape index (κ2) is 5.48. The van der Waals surface area contributed by atoms with Crippen molar-refractivity contribution in [1.29, 1.82) is 0 Å². The fraction of sp³-hybridized carbons (Fsp3) is 0.385. The van der Waals surface area contributed by atoms with Crippen molar-refractivity contribution in [1.82, 2.24) is 5.32 Å². The smallest absolute Gasteiger partial charge is 0.247 e. The van der Waals surface area contributed by atoms with E-state index in [0.29, 0.717) is 29.3 Å². The molecule has 102 valence electrons. The molecule has 0 spiro atoms. The second-order valence-electron chi connectivity index (χ2n) is 4.45. The average Bonchev–Trinajstić information content (AvgIpc) is 2.75. The van der Waals surface area contributed by atoms with E-state index in [1.54, 1.807) is 12.1 Å². The van der Waals surface area contributed by atoms with Crippen molar-refractivity contribution in [2.45, 2.75) is 25.8 Å². The highest BCUT2D eigenvalue weighted by Gasteiger charge is 2.27. The third kappa shape index (κ3) is 2.98. The Bertz CT molecular complexity index is 531. The number of rotatable bonds is 3. The van der Waals surface area contributed by atoms with Crippen molar-refractivity contribution >= 4 is 29.1 Å². The van der Waals surface area contributed by atoms with Crippen molar-refractivity contribution in [2.24, 2.45) is 0 Å². The second-order valence-corrected chi connectivity index (χ2v) is 4.89. The van der Waals surface area contributed by atoms with Gasteiger partial charge >= 0.3 is 0 Å². The van der Waals surface area contributed by atoms with Crippen LogP contribution in [-0.2, 0) is 9.59 Å². The Labute approximate surface area is 116 Å². The molecule has 1 saturated heterocycles. The molecule has 1 aromatic rings. The van der Waals surface area contributed by atoms with E-state index in [9.17, 15) is 9.59 Å². The molecular weight excluding hydrogens is 268 g/mol. The predicted molar refractivity (Wildman–Crippen MR) is 72.5 cm³/mol. The van der Waals surface area contributed by atoms with Gasteiger partial charge in [0.1, 0.15) is 11.8 Å². The minimum Gasteiger partial charge on any atom is -0.494 e. The van der Waals surface area contributed by atoms with E-state index in [2.05, 4.69) is 10.6 Å². The molecule has 0 saturated carbocycles. The maximum atomic E-state index is 12.0. The molecule has 0 bridgehead atoms. The van der Waals surface area contributed by atoms with Crippen molar-refractivity contribution in [3.8, 4) is 5.75 Å². The summed E-state index contributed by atoms with van der Waals surface area (Å²) in [7, 11) is 1.53. The van der Waals surface area contributed by atoms with Crippen LogP contribution in [0.2, 0.25) is 5.02 Å². The zero-order valence-corrected chi connectivity index (χ0v) is 11.5. The monoisotopic (exact) mass is 282 g/mol. The summed E-state index contributed by atoms with van der Waals surface area (Å²) in [6.45, 7) is 1.84. The van der Waals surface area contributed by atoms with E-state index in [1.165, 1.54) is 7.11 Å². The first-order valence-corrected chi connectivity index (χ1v) is 6.33. The number of amides is 2. The number of carbonyl (C=O) groups is 2. The summed E-state index contributed by atoms with van der Waals surface area (Å²) in [6, 6.07) is 2.90. The summed E-state index contributed by atoms with van der Waals surface area (Å²) >= 11 is 5.97. The number of carbonyl (C=O) groups excluding carboxylic acids is 2. The van der Waals surface area contributed by atoms with Crippen molar-refractivity contribution < 1.29 is 14.3 Å². The van der Waals surface area contributed by atoms with E-state index in [1.807, 2.05) is 6.92 Å². The largest absolute Gasteiger partial charge is 0.494 e. The molecule has 0 radical (unpaired) electrons. The van der Waals surface area contributed by atoms with Crippen molar-refractivity contribution in [3.63, 3.8) is 0 Å². The molecule has 1 aliphatic heterocycles. The highest BCUT2D eigenvalue weighted by molar-refractivity contribution is 6.31. The number of hydrogen-bond donors (Lipinski definition) is 2. The van der Waals surface area contributed by atoms with Crippen LogP contribution < -0.4 is 15.4 Å². The number of nitrogens with one attached hydrogen (secondary N) is 2. The topological polar surface area (TPSA) is 67.4 Å². The summed E-state index contributed by atoms with van der Waals surface area (Å²) in [6.07, 6.45) is 0.885. The number of methoxy groups -OCH3 is 1. The molecular formula is C13H15ClN2O3. The molecule has 1 heterocycles. The van der Waals surface area contributed by atoms with Gasteiger partial charge in [0.15, 0.2) is 0 Å². The Morgan fingerprint density at radius 1 is 1.53 bits per heavy atom. The van der Waals surface area contributed by atoms with E-state index in [0.717, 1.165) is 5.56 Å². The van der Waals surface area contributed by atoms with Gasteiger partial charge in [0.05, 0.1) is 12.8 Å². The Balaban J connectivity index is 2.18. The number of ether oxygens (including phenoxy) is 1. The summed E-state index contributed by atoms with van der Waals surface area (Å²) in [4.78, 5) is 23.1. The Kier molecular flexibility index (Phi) is 3.95. The lowest BCUT2D eigenvalue weighted by atomic mass is 10.1. The minimum atomic E-state index is -0.489. The van der Waals surface area contributed by atoms with Crippen LogP contribution >= 0.6 is 11.6 Å². The predicted octanol–water partition coefficient (Wildman–Crippen LogP) is 1.87. The van der Waals surface area contributed by atoms with Gasteiger partial charge in [0.2, 0.25) is 11.8 Å². The SMILES string of the molecule is COc1c(C)cc(Cl)cc1NC(=O)C1CCC(=O)N1. The Morgan fingerprint density at radius 3 is 2.84 bits per heavy atom. The van der Waals surface area contributed by atoms with Gasteiger partial charge in [-0.1, -0.05) is 11.6 Å². The number of benzene rings is 1. The summed E-state index contributed by atoms with van der Waals surface area (Å²) in [5, 5.41) is 5.88. The van der Waals surface area contributed by atoms with E-state index >= 15 is 0 Å². The molecule has 1 atom stereocenters. The average molecular weight is 283 g/mol. The Morgan fingerprint density at radius 2 is 2.26 bits per heavy atom. The maximum Gasteiger partial charge on any atom is 0.247 e. The normalized spacial score (nSPS) is 18.1. The molecule has 5 nitrogen and oxygen atoms in total. The van der Waals surface area contributed by atoms with Gasteiger partial charge in [-0.05, 0) is 31.0 Å². The van der Waals surface area contributed by atoms with Crippen molar-refractivity contribution in [3.05, 3.63) is 22.7 Å². The molecule has 1 fully saturated rings. The van der Waals surface area contributed by atoms with Crippen LogP contribution in [0.1, 0.15) is 18.4 Å². The van der Waals surface area contributed by atoms with E-state index < -0.39 is 6.04 Å². The quantitative estimate of drug-likeness (QED) is 0.889. The van der Waals surface area contributed by atoms with Gasteiger partial charge < -0.3 is 15.4 Å². The molecule has 19 heavy (non-hydrogen) atoms. The van der Waals surface area contributed by atoms with Crippen LogP contribution in [0.25, 0.3) is 0 Å². The third-order valence-corrected chi connectivity index (χ3v) is 3.23. The van der Waals surface area contributed by atoms with Gasteiger partial charge in [-0.15, -0.1) is 0 Å².